The molecular weight excluding hydrogens is 326 g/mol. The van der Waals surface area contributed by atoms with E-state index in [2.05, 4.69) is 31.5 Å². The van der Waals surface area contributed by atoms with E-state index in [9.17, 15) is 0 Å². The third-order valence-electron chi connectivity index (χ3n) is 6.97. The standard InChI is InChI=1S/C19H25N7/c20-19(4-5-19)18-8-12(9-18)10-26(11-18)17-21-6-3-15(23-17)22-16-7-14(24-25-16)13-1-2-13/h3,6-7,12-13H,1-2,4-5,8-11,20H2,(H2,21,22,23,24,25). The molecule has 4 N–H and O–H groups in total. The van der Waals surface area contributed by atoms with E-state index >= 15 is 0 Å². The van der Waals surface area contributed by atoms with Gasteiger partial charge in [0.2, 0.25) is 5.95 Å². The first kappa shape index (κ1) is 15.0. The first-order valence-electron chi connectivity index (χ1n) is 9.82. The maximum Gasteiger partial charge on any atom is 0.227 e. The molecule has 0 spiro atoms. The third kappa shape index (κ3) is 2.26. The summed E-state index contributed by atoms with van der Waals surface area (Å²) in [6, 6.07) is 4.00. The van der Waals surface area contributed by atoms with Gasteiger partial charge in [0, 0.05) is 47.9 Å². The highest BCUT2D eigenvalue weighted by molar-refractivity contribution is 5.54. The zero-order valence-corrected chi connectivity index (χ0v) is 14.9. The van der Waals surface area contributed by atoms with Gasteiger partial charge in [0.05, 0.1) is 0 Å². The Hall–Kier alpha value is -2.15. The fourth-order valence-electron chi connectivity index (χ4n) is 5.13. The molecule has 4 heterocycles. The van der Waals surface area contributed by atoms with E-state index in [1.165, 1.54) is 44.2 Å². The third-order valence-corrected chi connectivity index (χ3v) is 6.97. The fourth-order valence-corrected chi connectivity index (χ4v) is 5.13. The molecule has 0 atom stereocenters. The molecule has 2 saturated heterocycles. The van der Waals surface area contributed by atoms with E-state index in [4.69, 9.17) is 10.7 Å². The smallest absolute Gasteiger partial charge is 0.227 e. The van der Waals surface area contributed by atoms with E-state index in [0.717, 1.165) is 36.6 Å². The number of hydrogen-bond donors (Lipinski definition) is 3. The normalized spacial score (nSPS) is 31.4. The molecule has 3 aliphatic carbocycles. The lowest BCUT2D eigenvalue weighted by molar-refractivity contribution is -0.00436. The molecule has 0 radical (unpaired) electrons. The minimum atomic E-state index is 0.0757. The number of nitrogens with zero attached hydrogens (tertiary/aromatic N) is 4. The summed E-state index contributed by atoms with van der Waals surface area (Å²) in [5, 5.41) is 10.8. The Morgan fingerprint density at radius 1 is 1.23 bits per heavy atom. The maximum absolute atomic E-state index is 6.61. The minimum absolute atomic E-state index is 0.0757. The zero-order valence-electron chi connectivity index (χ0n) is 14.9. The van der Waals surface area contributed by atoms with Gasteiger partial charge in [-0.2, -0.15) is 10.1 Å². The lowest BCUT2D eigenvalue weighted by atomic mass is 9.54. The van der Waals surface area contributed by atoms with E-state index in [-0.39, 0.29) is 5.54 Å². The van der Waals surface area contributed by atoms with Crippen molar-refractivity contribution in [3.8, 4) is 0 Å². The number of rotatable bonds is 5. The van der Waals surface area contributed by atoms with Crippen LogP contribution in [-0.4, -0.2) is 38.8 Å². The molecule has 2 aliphatic heterocycles. The van der Waals surface area contributed by atoms with Crippen LogP contribution in [-0.2, 0) is 0 Å². The number of nitrogens with one attached hydrogen (secondary N) is 2. The molecule has 26 heavy (non-hydrogen) atoms. The van der Waals surface area contributed by atoms with Crippen LogP contribution in [0, 0.1) is 11.3 Å². The number of aromatic nitrogens is 4. The molecule has 2 aromatic heterocycles. The van der Waals surface area contributed by atoms with Crippen molar-refractivity contribution in [1.29, 1.82) is 0 Å². The summed E-state index contributed by atoms with van der Waals surface area (Å²) in [7, 11) is 0. The lowest BCUT2D eigenvalue weighted by Crippen LogP contribution is -2.65. The first-order valence-corrected chi connectivity index (χ1v) is 9.82. The van der Waals surface area contributed by atoms with Crippen LogP contribution in [0.1, 0.15) is 50.1 Å². The van der Waals surface area contributed by atoms with Gasteiger partial charge in [-0.3, -0.25) is 5.10 Å². The second kappa shape index (κ2) is 4.97. The molecule has 5 aliphatic rings. The predicted octanol–water partition coefficient (Wildman–Crippen LogP) is 2.53. The number of nitrogens with two attached hydrogens (primary N) is 1. The van der Waals surface area contributed by atoms with Crippen molar-refractivity contribution in [2.24, 2.45) is 17.1 Å². The second-order valence-electron chi connectivity index (χ2n) is 8.94. The molecule has 7 heteroatoms. The van der Waals surface area contributed by atoms with Crippen LogP contribution in [0.15, 0.2) is 18.3 Å². The maximum atomic E-state index is 6.61. The summed E-state index contributed by atoms with van der Waals surface area (Å²) in [5.74, 6) is 3.85. The van der Waals surface area contributed by atoms with Crippen LogP contribution in [0.4, 0.5) is 17.6 Å². The first-order chi connectivity index (χ1) is 12.6. The lowest BCUT2D eigenvalue weighted by Gasteiger charge is -2.59. The summed E-state index contributed by atoms with van der Waals surface area (Å²) in [5.41, 5.74) is 8.20. The van der Waals surface area contributed by atoms with Gasteiger partial charge >= 0.3 is 0 Å². The molecule has 0 aromatic carbocycles. The van der Waals surface area contributed by atoms with Gasteiger partial charge in [-0.25, -0.2) is 4.98 Å². The summed E-state index contributed by atoms with van der Waals surface area (Å²) >= 11 is 0. The van der Waals surface area contributed by atoms with Crippen molar-refractivity contribution in [2.75, 3.05) is 23.3 Å². The summed E-state index contributed by atoms with van der Waals surface area (Å²) in [6.45, 7) is 2.05. The Balaban J connectivity index is 1.21. The van der Waals surface area contributed by atoms with Crippen LogP contribution < -0.4 is 16.0 Å². The fraction of sp³-hybridized carbons (Fsp3) is 0.632. The van der Waals surface area contributed by atoms with E-state index in [1.54, 1.807) is 0 Å². The molecule has 2 aromatic rings. The molecule has 5 fully saturated rings. The highest BCUT2D eigenvalue weighted by Gasteiger charge is 2.64. The van der Waals surface area contributed by atoms with Gasteiger partial charge < -0.3 is 16.0 Å². The van der Waals surface area contributed by atoms with Crippen molar-refractivity contribution in [3.05, 3.63) is 24.0 Å². The molecule has 0 unspecified atom stereocenters. The topological polar surface area (TPSA) is 95.8 Å². The number of anilines is 3. The minimum Gasteiger partial charge on any atom is -0.340 e. The number of H-pyrrole nitrogens is 1. The Morgan fingerprint density at radius 3 is 2.85 bits per heavy atom. The van der Waals surface area contributed by atoms with Crippen molar-refractivity contribution in [2.45, 2.75) is 50.0 Å². The highest BCUT2D eigenvalue weighted by atomic mass is 15.3. The molecular formula is C19H25N7. The number of fused-ring (bicyclic) bond motifs is 2. The van der Waals surface area contributed by atoms with E-state index in [1.807, 2.05) is 12.3 Å². The monoisotopic (exact) mass is 351 g/mol. The van der Waals surface area contributed by atoms with Gasteiger partial charge in [-0.1, -0.05) is 0 Å². The Bertz CT molecular complexity index is 845. The molecule has 136 valence electrons. The van der Waals surface area contributed by atoms with Crippen molar-refractivity contribution >= 4 is 17.6 Å². The van der Waals surface area contributed by atoms with Gasteiger partial charge in [0.1, 0.15) is 5.82 Å². The summed E-state index contributed by atoms with van der Waals surface area (Å²) in [6.07, 6.45) is 9.29. The Kier molecular flexibility index (Phi) is 2.86. The van der Waals surface area contributed by atoms with Crippen molar-refractivity contribution in [1.82, 2.24) is 20.2 Å². The zero-order chi connectivity index (χ0) is 17.4. The molecule has 0 amide bonds. The average Bonchev–Trinajstić information content (AvgIpc) is 3.56. The van der Waals surface area contributed by atoms with Gasteiger partial charge in [0.15, 0.2) is 5.82 Å². The van der Waals surface area contributed by atoms with Crippen molar-refractivity contribution < 1.29 is 0 Å². The number of hydrogen-bond acceptors (Lipinski definition) is 6. The number of aromatic amines is 1. The largest absolute Gasteiger partial charge is 0.340 e. The average molecular weight is 351 g/mol. The predicted molar refractivity (Wildman–Crippen MR) is 99.4 cm³/mol. The van der Waals surface area contributed by atoms with Crippen molar-refractivity contribution in [3.63, 3.8) is 0 Å². The quantitative estimate of drug-likeness (QED) is 0.766. The second-order valence-corrected chi connectivity index (χ2v) is 8.94. The molecule has 7 rings (SSSR count). The van der Waals surface area contributed by atoms with Gasteiger partial charge in [-0.15, -0.1) is 0 Å². The summed E-state index contributed by atoms with van der Waals surface area (Å²) in [4.78, 5) is 11.6. The number of piperidine rings is 2. The van der Waals surface area contributed by atoms with Crippen LogP contribution >= 0.6 is 0 Å². The van der Waals surface area contributed by atoms with Crippen LogP contribution in [0.3, 0.4) is 0 Å². The van der Waals surface area contributed by atoms with E-state index < -0.39 is 0 Å². The molecule has 3 saturated carbocycles. The SMILES string of the molecule is NC1(C23CC(CN(c4nccc(Nc5cc(C6CC6)[nH]n5)n4)C2)C3)CC1. The van der Waals surface area contributed by atoms with Crippen LogP contribution in [0.5, 0.6) is 0 Å². The van der Waals surface area contributed by atoms with Gasteiger partial charge in [0.25, 0.3) is 0 Å². The van der Waals surface area contributed by atoms with Crippen LogP contribution in [0.25, 0.3) is 0 Å². The summed E-state index contributed by atoms with van der Waals surface area (Å²) < 4.78 is 0. The Morgan fingerprint density at radius 2 is 2.08 bits per heavy atom. The van der Waals surface area contributed by atoms with E-state index in [0.29, 0.717) is 11.3 Å². The van der Waals surface area contributed by atoms with Gasteiger partial charge in [-0.05, 0) is 50.5 Å². The molecule has 2 bridgehead atoms. The molecule has 7 nitrogen and oxygen atoms in total. The highest BCUT2D eigenvalue weighted by Crippen LogP contribution is 2.63. The Labute approximate surface area is 152 Å². The van der Waals surface area contributed by atoms with Crippen LogP contribution in [0.2, 0.25) is 0 Å².